The lowest BCUT2D eigenvalue weighted by Gasteiger charge is -2.20. The van der Waals surface area contributed by atoms with Crippen LogP contribution >= 0.6 is 0 Å². The fourth-order valence-electron chi connectivity index (χ4n) is 1.20. The highest BCUT2D eigenvalue weighted by Crippen LogP contribution is 2.08. The van der Waals surface area contributed by atoms with Crippen molar-refractivity contribution < 1.29 is 4.84 Å². The van der Waals surface area contributed by atoms with E-state index in [1.807, 2.05) is 0 Å². The van der Waals surface area contributed by atoms with E-state index in [-0.39, 0.29) is 0 Å². The molecule has 0 aromatic heterocycles. The minimum Gasteiger partial charge on any atom is -0.316 e. The van der Waals surface area contributed by atoms with Gasteiger partial charge in [0.05, 0.1) is 6.61 Å². The van der Waals surface area contributed by atoms with Crippen molar-refractivity contribution in [2.75, 3.05) is 19.7 Å². The lowest BCUT2D eigenvalue weighted by Crippen LogP contribution is -2.32. The molecule has 1 rings (SSSR count). The molecule has 1 fully saturated rings. The molecule has 1 heterocycles. The number of hydrogen-bond acceptors (Lipinski definition) is 3. The number of rotatable bonds is 2. The summed E-state index contributed by atoms with van der Waals surface area (Å²) in [5.41, 5.74) is 0. The predicted octanol–water partition coefficient (Wildman–Crippen LogP) is -0.124. The molecule has 3 nitrogen and oxygen atoms in total. The number of hydrogen-bond donors (Lipinski definition) is 2. The molecule has 3 N–H and O–H groups in total. The van der Waals surface area contributed by atoms with E-state index in [1.165, 1.54) is 12.8 Å². The average Bonchev–Trinajstić information content (AvgIpc) is 1.91. The van der Waals surface area contributed by atoms with Crippen LogP contribution in [-0.4, -0.2) is 19.7 Å². The van der Waals surface area contributed by atoms with Crippen LogP contribution in [0.2, 0.25) is 0 Å². The third-order valence-electron chi connectivity index (χ3n) is 1.73. The van der Waals surface area contributed by atoms with Crippen LogP contribution in [0.5, 0.6) is 0 Å². The van der Waals surface area contributed by atoms with Gasteiger partial charge in [-0.05, 0) is 25.3 Å². The van der Waals surface area contributed by atoms with Crippen LogP contribution in [0.3, 0.4) is 0 Å². The Bertz CT molecular complexity index is 68.7. The van der Waals surface area contributed by atoms with Crippen molar-refractivity contribution in [1.29, 1.82) is 0 Å². The first-order valence-electron chi connectivity index (χ1n) is 3.46. The highest BCUT2D eigenvalue weighted by Gasteiger charge is 2.11. The molecule has 1 unspecified atom stereocenters. The minimum absolute atomic E-state index is 0.642. The van der Waals surface area contributed by atoms with Gasteiger partial charge in [-0.1, -0.05) is 0 Å². The fourth-order valence-corrected chi connectivity index (χ4v) is 1.20. The number of nitrogens with one attached hydrogen (secondary N) is 1. The second-order valence-electron chi connectivity index (χ2n) is 2.55. The van der Waals surface area contributed by atoms with E-state index in [4.69, 9.17) is 5.90 Å². The lowest BCUT2D eigenvalue weighted by molar-refractivity contribution is 0.0913. The molecule has 1 saturated heterocycles. The van der Waals surface area contributed by atoms with E-state index < -0.39 is 0 Å². The van der Waals surface area contributed by atoms with Gasteiger partial charge in [0, 0.05) is 6.54 Å². The Morgan fingerprint density at radius 2 is 2.56 bits per heavy atom. The van der Waals surface area contributed by atoms with Gasteiger partial charge in [0.15, 0.2) is 0 Å². The third kappa shape index (κ3) is 2.30. The topological polar surface area (TPSA) is 47.3 Å². The van der Waals surface area contributed by atoms with Gasteiger partial charge in [0.25, 0.3) is 0 Å². The summed E-state index contributed by atoms with van der Waals surface area (Å²) in [6, 6.07) is 0. The first-order chi connectivity index (χ1) is 4.43. The van der Waals surface area contributed by atoms with Gasteiger partial charge in [-0.15, -0.1) is 0 Å². The smallest absolute Gasteiger partial charge is 0.0719 e. The van der Waals surface area contributed by atoms with E-state index in [2.05, 4.69) is 10.2 Å². The number of nitrogens with two attached hydrogens (primary N) is 1. The van der Waals surface area contributed by atoms with Crippen LogP contribution < -0.4 is 11.2 Å². The van der Waals surface area contributed by atoms with E-state index in [1.54, 1.807) is 0 Å². The Balaban J connectivity index is 2.08. The summed E-state index contributed by atoms with van der Waals surface area (Å²) in [4.78, 5) is 4.54. The molecule has 0 aliphatic carbocycles. The van der Waals surface area contributed by atoms with Crippen molar-refractivity contribution in [2.45, 2.75) is 12.8 Å². The van der Waals surface area contributed by atoms with Gasteiger partial charge < -0.3 is 10.2 Å². The van der Waals surface area contributed by atoms with Crippen LogP contribution in [0.25, 0.3) is 0 Å². The molecule has 1 aliphatic heterocycles. The molecule has 54 valence electrons. The van der Waals surface area contributed by atoms with Crippen molar-refractivity contribution in [3.05, 3.63) is 0 Å². The highest BCUT2D eigenvalue weighted by molar-refractivity contribution is 4.67. The molecule has 0 amide bonds. The van der Waals surface area contributed by atoms with Gasteiger partial charge in [0.2, 0.25) is 0 Å². The Morgan fingerprint density at radius 1 is 1.67 bits per heavy atom. The number of piperidine rings is 1. The molecule has 0 spiro atoms. The standard InChI is InChI=1S/C6H14N2O/c7-9-5-6-2-1-3-8-4-6/h6,8H,1-5,7H2. The maximum absolute atomic E-state index is 4.93. The van der Waals surface area contributed by atoms with Crippen molar-refractivity contribution in [3.63, 3.8) is 0 Å². The quantitative estimate of drug-likeness (QED) is 0.512. The van der Waals surface area contributed by atoms with E-state index >= 15 is 0 Å². The monoisotopic (exact) mass is 130 g/mol. The zero-order chi connectivity index (χ0) is 6.53. The predicted molar refractivity (Wildman–Crippen MR) is 35.7 cm³/mol. The van der Waals surface area contributed by atoms with Gasteiger partial charge in [-0.3, -0.25) is 0 Å². The van der Waals surface area contributed by atoms with Crippen LogP contribution in [0.1, 0.15) is 12.8 Å². The normalized spacial score (nSPS) is 28.3. The molecule has 0 bridgehead atoms. The Hall–Kier alpha value is -0.120. The molecule has 1 atom stereocenters. The SMILES string of the molecule is NOCC1CCCNC1. The van der Waals surface area contributed by atoms with E-state index in [9.17, 15) is 0 Å². The average molecular weight is 130 g/mol. The van der Waals surface area contributed by atoms with E-state index in [0.29, 0.717) is 12.5 Å². The second kappa shape index (κ2) is 3.82. The summed E-state index contributed by atoms with van der Waals surface area (Å²) >= 11 is 0. The first kappa shape index (κ1) is 6.99. The Kier molecular flexibility index (Phi) is 2.97. The molecule has 0 aromatic carbocycles. The lowest BCUT2D eigenvalue weighted by atomic mass is 10.0. The summed E-state index contributed by atoms with van der Waals surface area (Å²) in [6.07, 6.45) is 2.51. The summed E-state index contributed by atoms with van der Waals surface area (Å²) in [5.74, 6) is 5.57. The summed E-state index contributed by atoms with van der Waals surface area (Å²) in [5, 5.41) is 3.28. The van der Waals surface area contributed by atoms with Crippen molar-refractivity contribution >= 4 is 0 Å². The molecule has 1 aliphatic rings. The van der Waals surface area contributed by atoms with Crippen molar-refractivity contribution in [3.8, 4) is 0 Å². The largest absolute Gasteiger partial charge is 0.316 e. The van der Waals surface area contributed by atoms with E-state index in [0.717, 1.165) is 13.1 Å². The van der Waals surface area contributed by atoms with Gasteiger partial charge in [-0.2, -0.15) is 0 Å². The molecule has 0 radical (unpaired) electrons. The first-order valence-corrected chi connectivity index (χ1v) is 3.46. The summed E-state index contributed by atoms with van der Waals surface area (Å²) in [6.45, 7) is 2.92. The zero-order valence-electron chi connectivity index (χ0n) is 5.60. The Morgan fingerprint density at radius 3 is 3.11 bits per heavy atom. The minimum atomic E-state index is 0.642. The summed E-state index contributed by atoms with van der Waals surface area (Å²) < 4.78 is 0. The van der Waals surface area contributed by atoms with Gasteiger partial charge in [-0.25, -0.2) is 5.90 Å². The van der Waals surface area contributed by atoms with Crippen LogP contribution in [0, 0.1) is 5.92 Å². The van der Waals surface area contributed by atoms with Crippen molar-refractivity contribution in [1.82, 2.24) is 5.32 Å². The molecule has 0 saturated carbocycles. The Labute approximate surface area is 55.5 Å². The maximum atomic E-state index is 4.93. The van der Waals surface area contributed by atoms with Gasteiger partial charge in [0.1, 0.15) is 0 Å². The molecule has 0 aromatic rings. The van der Waals surface area contributed by atoms with Crippen molar-refractivity contribution in [2.24, 2.45) is 11.8 Å². The molecule has 3 heteroatoms. The zero-order valence-corrected chi connectivity index (χ0v) is 5.60. The van der Waals surface area contributed by atoms with Crippen LogP contribution in [0.4, 0.5) is 0 Å². The summed E-state index contributed by atoms with van der Waals surface area (Å²) in [7, 11) is 0. The molecular weight excluding hydrogens is 116 g/mol. The maximum Gasteiger partial charge on any atom is 0.0719 e. The second-order valence-corrected chi connectivity index (χ2v) is 2.55. The highest BCUT2D eigenvalue weighted by atomic mass is 16.6. The van der Waals surface area contributed by atoms with Gasteiger partial charge >= 0.3 is 0 Å². The fraction of sp³-hybridized carbons (Fsp3) is 1.00. The van der Waals surface area contributed by atoms with Crippen LogP contribution in [0.15, 0.2) is 0 Å². The third-order valence-corrected chi connectivity index (χ3v) is 1.73. The van der Waals surface area contributed by atoms with Crippen LogP contribution in [-0.2, 0) is 4.84 Å². The molecule has 9 heavy (non-hydrogen) atoms. The molecular formula is C6H14N2O.